The molecule has 0 fully saturated rings. The summed E-state index contributed by atoms with van der Waals surface area (Å²) in [6.45, 7) is 12.3. The summed E-state index contributed by atoms with van der Waals surface area (Å²) in [5.74, 6) is 0. The molecule has 0 nitrogen and oxygen atoms in total. The third-order valence-electron chi connectivity index (χ3n) is 10.8. The van der Waals surface area contributed by atoms with Crippen molar-refractivity contribution in [1.82, 2.24) is 0 Å². The van der Waals surface area contributed by atoms with E-state index in [1.54, 1.807) is 23.2 Å². The van der Waals surface area contributed by atoms with Gasteiger partial charge in [-0.3, -0.25) is 0 Å². The normalized spacial score (nSPS) is 18.1. The summed E-state index contributed by atoms with van der Waals surface area (Å²) in [5.41, 5.74) is 10.6. The van der Waals surface area contributed by atoms with E-state index in [1.807, 2.05) is 0 Å². The summed E-state index contributed by atoms with van der Waals surface area (Å²) in [6.07, 6.45) is 15.8. The van der Waals surface area contributed by atoms with Gasteiger partial charge < -0.3 is 24.8 Å². The summed E-state index contributed by atoms with van der Waals surface area (Å²) in [5, 5.41) is 3.14. The Labute approximate surface area is 295 Å². The third-order valence-corrected chi connectivity index (χ3v) is 21.5. The van der Waals surface area contributed by atoms with E-state index >= 15 is 0 Å². The van der Waals surface area contributed by atoms with Crippen molar-refractivity contribution < 1.29 is 47.6 Å². The van der Waals surface area contributed by atoms with E-state index in [-0.39, 0.29) is 29.9 Å². The van der Waals surface area contributed by atoms with Crippen LogP contribution in [0.3, 0.4) is 0 Å². The first-order valence-corrected chi connectivity index (χ1v) is 21.6. The monoisotopic (exact) mass is 725 g/mol. The summed E-state index contributed by atoms with van der Waals surface area (Å²) >= 11 is -1.29. The number of fused-ring (bicyclic) bond motifs is 2. The average Bonchev–Trinajstić information content (AvgIpc) is 3.71. The Morgan fingerprint density at radius 2 is 1.40 bits per heavy atom. The Morgan fingerprint density at radius 1 is 0.778 bits per heavy atom. The van der Waals surface area contributed by atoms with Gasteiger partial charge in [0.2, 0.25) is 0 Å². The van der Waals surface area contributed by atoms with Gasteiger partial charge in [-0.05, 0) is 0 Å². The molecule has 231 valence electrons. The van der Waals surface area contributed by atoms with Crippen molar-refractivity contribution >= 4 is 20.1 Å². The molecule has 0 aromatic heterocycles. The number of benzene rings is 3. The van der Waals surface area contributed by atoms with Crippen LogP contribution in [-0.4, -0.2) is 11.3 Å². The maximum atomic E-state index is 2.73. The van der Waals surface area contributed by atoms with Gasteiger partial charge in [0.1, 0.15) is 0 Å². The Hall–Kier alpha value is -2.09. The Bertz CT molecular complexity index is 1760. The molecule has 0 heterocycles. The predicted molar refractivity (Wildman–Crippen MR) is 186 cm³/mol. The number of allylic oxidation sites excluding steroid dienone is 8. The van der Waals surface area contributed by atoms with Gasteiger partial charge in [0.05, 0.1) is 0 Å². The van der Waals surface area contributed by atoms with Crippen LogP contribution in [0.4, 0.5) is 0 Å². The van der Waals surface area contributed by atoms with E-state index in [9.17, 15) is 0 Å². The van der Waals surface area contributed by atoms with Crippen LogP contribution >= 0.6 is 0 Å². The second-order valence-electron chi connectivity index (χ2n) is 12.3. The Balaban J connectivity index is 0.00000230. The summed E-state index contributed by atoms with van der Waals surface area (Å²) in [7, 11) is -1.70. The van der Waals surface area contributed by atoms with Gasteiger partial charge in [0.25, 0.3) is 0 Å². The largest absolute Gasteiger partial charge is 1.00 e. The molecule has 3 aromatic carbocycles. The fraction of sp³-hybridized carbons (Fsp3) is 0.293. The van der Waals surface area contributed by atoms with Crippen molar-refractivity contribution in [3.63, 3.8) is 0 Å². The van der Waals surface area contributed by atoms with Crippen molar-refractivity contribution in [3.8, 4) is 0 Å². The summed E-state index contributed by atoms with van der Waals surface area (Å²) in [6, 6.07) is 33.9. The molecule has 4 heteroatoms. The molecule has 45 heavy (non-hydrogen) atoms. The fourth-order valence-corrected chi connectivity index (χ4v) is 17.6. The Morgan fingerprint density at radius 3 is 1.91 bits per heavy atom. The SMILES string of the molecule is CCc1ccc2c(c1)=[C]([Zr+2]=[C](c1ccccc1)c1ccccc1)C1=C(C3=CC=CC3)C(CC)([Si](CC)(CC)CC)C=CC=21.[Cl-].[Cl-]. The smallest absolute Gasteiger partial charge is 1.00 e. The van der Waals surface area contributed by atoms with Crippen LogP contribution in [0.5, 0.6) is 0 Å². The maximum absolute atomic E-state index is 2.73. The van der Waals surface area contributed by atoms with Gasteiger partial charge in [-0.1, -0.05) is 0 Å². The van der Waals surface area contributed by atoms with E-state index in [2.05, 4.69) is 144 Å². The van der Waals surface area contributed by atoms with Gasteiger partial charge in [-0.25, -0.2) is 0 Å². The maximum Gasteiger partial charge on any atom is -1.00 e. The van der Waals surface area contributed by atoms with Crippen molar-refractivity contribution in [2.75, 3.05) is 0 Å². The van der Waals surface area contributed by atoms with Gasteiger partial charge in [-0.2, -0.15) is 0 Å². The molecule has 1 unspecified atom stereocenters. The first kappa shape index (κ1) is 35.8. The van der Waals surface area contributed by atoms with E-state index in [0.29, 0.717) is 0 Å². The topological polar surface area (TPSA) is 0 Å². The quantitative estimate of drug-likeness (QED) is 0.282. The van der Waals surface area contributed by atoms with Gasteiger partial charge >= 0.3 is 273 Å². The number of halogens is 2. The van der Waals surface area contributed by atoms with Crippen LogP contribution in [0.2, 0.25) is 23.2 Å². The van der Waals surface area contributed by atoms with Crippen LogP contribution in [0.25, 0.3) is 8.85 Å². The standard InChI is InChI=1S/C28H35Si.C13H10.2ClH.Zr/c1-6-21-15-16-24-23(19-21)20-26-25(24)17-18-28(7-2,29(8-3,9-4)10-5)27(26)22-13-11-12-14-22;1-3-7-12(8-4-1)11-13-9-5-2-6-10-13;;;/h11-13,15-19H,6-10,14H2,1-5H3;1-10H;2*1H;/q;;;;+2/p-2. The second kappa shape index (κ2) is 15.2. The van der Waals surface area contributed by atoms with Crippen LogP contribution in [-0.2, 0) is 29.2 Å². The van der Waals surface area contributed by atoms with Crippen molar-refractivity contribution in [2.45, 2.75) is 77.1 Å². The molecule has 0 spiro atoms. The van der Waals surface area contributed by atoms with Gasteiger partial charge in [0, 0.05) is 0 Å². The van der Waals surface area contributed by atoms with Crippen LogP contribution in [0, 0.1) is 0 Å². The molecule has 0 saturated carbocycles. The number of rotatable bonds is 10. The predicted octanol–water partition coefficient (Wildman–Crippen LogP) is 3.29. The number of hydrogen-bond donors (Lipinski definition) is 0. The molecule has 0 aliphatic heterocycles. The minimum atomic E-state index is -1.70. The molecule has 3 aliphatic carbocycles. The minimum absolute atomic E-state index is 0. The molecular weight excluding hydrogens is 683 g/mol. The van der Waals surface area contributed by atoms with Crippen LogP contribution < -0.4 is 35.3 Å². The van der Waals surface area contributed by atoms with Crippen molar-refractivity contribution in [1.29, 1.82) is 0 Å². The van der Waals surface area contributed by atoms with Gasteiger partial charge in [0.15, 0.2) is 0 Å². The molecular formula is C41H45Cl2SiZr. The molecule has 0 bridgehead atoms. The number of aryl methyl sites for hydroxylation is 1. The van der Waals surface area contributed by atoms with Gasteiger partial charge in [-0.15, -0.1) is 0 Å². The Kier molecular flexibility index (Phi) is 12.1. The molecule has 3 aliphatic rings. The molecule has 0 amide bonds. The van der Waals surface area contributed by atoms with Crippen molar-refractivity contribution in [3.05, 3.63) is 153 Å². The zero-order chi connectivity index (χ0) is 30.0. The molecule has 3 aromatic rings. The fourth-order valence-electron chi connectivity index (χ4n) is 8.28. The van der Waals surface area contributed by atoms with Crippen molar-refractivity contribution in [2.24, 2.45) is 0 Å². The van der Waals surface area contributed by atoms with E-state index < -0.39 is 30.8 Å². The molecule has 0 saturated heterocycles. The van der Waals surface area contributed by atoms with E-state index in [0.717, 1.165) is 12.8 Å². The molecule has 1 atom stereocenters. The zero-order valence-electron chi connectivity index (χ0n) is 27.4. The summed E-state index contributed by atoms with van der Waals surface area (Å²) < 4.78 is 3.28. The minimum Gasteiger partial charge on any atom is -1.00 e. The van der Waals surface area contributed by atoms with E-state index in [1.165, 1.54) is 57.3 Å². The second-order valence-corrected chi connectivity index (χ2v) is 21.0. The molecule has 0 radical (unpaired) electrons. The molecule has 0 N–H and O–H groups in total. The molecule has 6 rings (SSSR count). The third kappa shape index (κ3) is 6.07. The summed E-state index contributed by atoms with van der Waals surface area (Å²) in [4.78, 5) is 0. The average molecular weight is 728 g/mol. The number of hydrogen-bond acceptors (Lipinski definition) is 0. The first-order valence-electron chi connectivity index (χ1n) is 16.5. The van der Waals surface area contributed by atoms with Crippen LogP contribution in [0.1, 0.15) is 64.2 Å². The first-order chi connectivity index (χ1) is 21.1. The zero-order valence-corrected chi connectivity index (χ0v) is 32.4. The van der Waals surface area contributed by atoms with Crippen LogP contribution in [0.15, 0.2) is 126 Å². The van der Waals surface area contributed by atoms with E-state index in [4.69, 9.17) is 0 Å².